The molecule has 0 aliphatic carbocycles. The standard InChI is InChI=1S/C14H20Cl2N2O2/c1-9(19)6-7-18(3)10(2)14(20)17-13-5-4-11(15)8-12(13)16/h4-5,8-10,19H,6-7H2,1-3H3,(H,17,20). The molecule has 0 radical (unpaired) electrons. The lowest BCUT2D eigenvalue weighted by molar-refractivity contribution is -0.120. The quantitative estimate of drug-likeness (QED) is 0.847. The lowest BCUT2D eigenvalue weighted by Crippen LogP contribution is -2.40. The van der Waals surface area contributed by atoms with Crippen LogP contribution >= 0.6 is 23.2 Å². The van der Waals surface area contributed by atoms with Crippen LogP contribution in [-0.2, 0) is 4.79 Å². The zero-order valence-corrected chi connectivity index (χ0v) is 13.4. The smallest absolute Gasteiger partial charge is 0.241 e. The predicted octanol–water partition coefficient (Wildman–Crippen LogP) is 3.02. The van der Waals surface area contributed by atoms with Gasteiger partial charge in [-0.15, -0.1) is 0 Å². The van der Waals surface area contributed by atoms with E-state index in [1.807, 2.05) is 11.9 Å². The highest BCUT2D eigenvalue weighted by atomic mass is 35.5. The molecule has 2 N–H and O–H groups in total. The number of nitrogens with one attached hydrogen (secondary N) is 1. The summed E-state index contributed by atoms with van der Waals surface area (Å²) in [6.07, 6.45) is 0.244. The molecule has 0 heterocycles. The zero-order chi connectivity index (χ0) is 15.3. The molecule has 0 spiro atoms. The summed E-state index contributed by atoms with van der Waals surface area (Å²) in [5.74, 6) is -0.151. The van der Waals surface area contributed by atoms with Gasteiger partial charge in [-0.1, -0.05) is 23.2 Å². The van der Waals surface area contributed by atoms with Gasteiger partial charge in [-0.25, -0.2) is 0 Å². The highest BCUT2D eigenvalue weighted by Gasteiger charge is 2.19. The van der Waals surface area contributed by atoms with Gasteiger partial charge in [-0.3, -0.25) is 9.69 Å². The third kappa shape index (κ3) is 5.29. The van der Waals surface area contributed by atoms with Gasteiger partial charge in [0.05, 0.1) is 22.9 Å². The molecule has 1 aromatic carbocycles. The first-order valence-corrected chi connectivity index (χ1v) is 7.21. The molecular formula is C14H20Cl2N2O2. The predicted molar refractivity (Wildman–Crippen MR) is 83.5 cm³/mol. The monoisotopic (exact) mass is 318 g/mol. The largest absolute Gasteiger partial charge is 0.393 e. The maximum absolute atomic E-state index is 12.1. The van der Waals surface area contributed by atoms with Crippen molar-refractivity contribution in [2.24, 2.45) is 0 Å². The van der Waals surface area contributed by atoms with Crippen LogP contribution in [0.15, 0.2) is 18.2 Å². The van der Waals surface area contributed by atoms with E-state index < -0.39 is 0 Å². The molecule has 0 bridgehead atoms. The Bertz CT molecular complexity index is 466. The fourth-order valence-electron chi connectivity index (χ4n) is 1.61. The van der Waals surface area contributed by atoms with Gasteiger partial charge in [0.1, 0.15) is 0 Å². The second kappa shape index (κ2) is 7.84. The number of aliphatic hydroxyl groups is 1. The summed E-state index contributed by atoms with van der Waals surface area (Å²) in [4.78, 5) is 14.0. The van der Waals surface area contributed by atoms with Crippen LogP contribution in [0.25, 0.3) is 0 Å². The number of halogens is 2. The van der Waals surface area contributed by atoms with Crippen molar-refractivity contribution >= 4 is 34.8 Å². The van der Waals surface area contributed by atoms with Gasteiger partial charge >= 0.3 is 0 Å². The van der Waals surface area contributed by atoms with Crippen molar-refractivity contribution in [1.29, 1.82) is 0 Å². The van der Waals surface area contributed by atoms with Crippen molar-refractivity contribution in [3.8, 4) is 0 Å². The number of likely N-dealkylation sites (N-methyl/N-ethyl adjacent to an activating group) is 1. The lowest BCUT2D eigenvalue weighted by Gasteiger charge is -2.24. The molecule has 2 unspecified atom stereocenters. The molecule has 1 rings (SSSR count). The number of carbonyl (C=O) groups excluding carboxylic acids is 1. The Balaban J connectivity index is 2.61. The van der Waals surface area contributed by atoms with E-state index in [4.69, 9.17) is 23.2 Å². The van der Waals surface area contributed by atoms with Crippen LogP contribution in [0, 0.1) is 0 Å². The maximum atomic E-state index is 12.1. The molecule has 0 aliphatic heterocycles. The average molecular weight is 319 g/mol. The van der Waals surface area contributed by atoms with E-state index in [-0.39, 0.29) is 18.1 Å². The minimum atomic E-state index is -0.376. The van der Waals surface area contributed by atoms with Gasteiger partial charge in [0.2, 0.25) is 5.91 Å². The van der Waals surface area contributed by atoms with Crippen LogP contribution in [0.3, 0.4) is 0 Å². The first-order valence-electron chi connectivity index (χ1n) is 6.45. The van der Waals surface area contributed by atoms with Crippen LogP contribution in [0.1, 0.15) is 20.3 Å². The van der Waals surface area contributed by atoms with Crippen molar-refractivity contribution in [3.63, 3.8) is 0 Å². The maximum Gasteiger partial charge on any atom is 0.241 e. The molecule has 0 saturated heterocycles. The molecule has 2 atom stereocenters. The Morgan fingerprint density at radius 2 is 2.05 bits per heavy atom. The molecule has 6 heteroatoms. The molecule has 112 valence electrons. The number of amides is 1. The van der Waals surface area contributed by atoms with Crippen LogP contribution in [0.4, 0.5) is 5.69 Å². The highest BCUT2D eigenvalue weighted by Crippen LogP contribution is 2.25. The van der Waals surface area contributed by atoms with Gasteiger partial charge in [0, 0.05) is 11.6 Å². The van der Waals surface area contributed by atoms with E-state index in [1.165, 1.54) is 0 Å². The molecule has 0 saturated carbocycles. The summed E-state index contributed by atoms with van der Waals surface area (Å²) in [7, 11) is 1.84. The van der Waals surface area contributed by atoms with Crippen molar-refractivity contribution in [2.45, 2.75) is 32.4 Å². The number of carbonyl (C=O) groups is 1. The molecule has 20 heavy (non-hydrogen) atoms. The summed E-state index contributed by atoms with van der Waals surface area (Å²) in [6.45, 7) is 4.17. The first kappa shape index (κ1) is 17.2. The lowest BCUT2D eigenvalue weighted by atomic mass is 10.2. The van der Waals surface area contributed by atoms with Crippen LogP contribution < -0.4 is 5.32 Å². The first-order chi connectivity index (χ1) is 9.31. The Morgan fingerprint density at radius 3 is 2.60 bits per heavy atom. The van der Waals surface area contributed by atoms with Gasteiger partial charge in [0.15, 0.2) is 0 Å². The van der Waals surface area contributed by atoms with Crippen molar-refractivity contribution < 1.29 is 9.90 Å². The van der Waals surface area contributed by atoms with E-state index >= 15 is 0 Å². The fraction of sp³-hybridized carbons (Fsp3) is 0.500. The van der Waals surface area contributed by atoms with E-state index in [9.17, 15) is 9.90 Å². The minimum absolute atomic E-state index is 0.151. The SMILES string of the molecule is CC(O)CCN(C)C(C)C(=O)Nc1ccc(Cl)cc1Cl. The molecule has 4 nitrogen and oxygen atoms in total. The molecule has 0 aromatic heterocycles. The number of aliphatic hydroxyl groups excluding tert-OH is 1. The molecule has 1 aromatic rings. The third-order valence-corrected chi connectivity index (χ3v) is 3.68. The number of rotatable bonds is 6. The van der Waals surface area contributed by atoms with Crippen LogP contribution in [0.2, 0.25) is 10.0 Å². The van der Waals surface area contributed by atoms with Gasteiger partial charge in [0.25, 0.3) is 0 Å². The minimum Gasteiger partial charge on any atom is -0.393 e. The molecule has 0 fully saturated rings. The number of hydrogen-bond donors (Lipinski definition) is 2. The highest BCUT2D eigenvalue weighted by molar-refractivity contribution is 6.36. The number of hydrogen-bond acceptors (Lipinski definition) is 3. The Morgan fingerprint density at radius 1 is 1.40 bits per heavy atom. The van der Waals surface area contributed by atoms with Crippen molar-refractivity contribution in [2.75, 3.05) is 18.9 Å². The number of benzene rings is 1. The van der Waals surface area contributed by atoms with Gasteiger partial charge in [-0.05, 0) is 45.5 Å². The number of anilines is 1. The molecule has 1 amide bonds. The van der Waals surface area contributed by atoms with E-state index in [0.717, 1.165) is 0 Å². The topological polar surface area (TPSA) is 52.6 Å². The Labute approximate surface area is 129 Å². The molecular weight excluding hydrogens is 299 g/mol. The second-order valence-corrected chi connectivity index (χ2v) is 5.75. The average Bonchev–Trinajstić information content (AvgIpc) is 2.38. The van der Waals surface area contributed by atoms with Crippen LogP contribution in [-0.4, -0.2) is 41.7 Å². The molecule has 0 aliphatic rings. The van der Waals surface area contributed by atoms with Crippen LogP contribution in [0.5, 0.6) is 0 Å². The van der Waals surface area contributed by atoms with Crippen molar-refractivity contribution in [3.05, 3.63) is 28.2 Å². The summed E-state index contributed by atoms with van der Waals surface area (Å²) < 4.78 is 0. The fourth-order valence-corrected chi connectivity index (χ4v) is 2.07. The normalized spacial score (nSPS) is 14.2. The third-order valence-electron chi connectivity index (χ3n) is 3.13. The summed E-state index contributed by atoms with van der Waals surface area (Å²) in [5, 5.41) is 13.0. The van der Waals surface area contributed by atoms with Gasteiger partial charge < -0.3 is 10.4 Å². The summed E-state index contributed by atoms with van der Waals surface area (Å²) in [5.41, 5.74) is 0.539. The second-order valence-electron chi connectivity index (χ2n) is 4.91. The Hall–Kier alpha value is -0.810. The summed E-state index contributed by atoms with van der Waals surface area (Å²) >= 11 is 11.8. The number of nitrogens with zero attached hydrogens (tertiary/aromatic N) is 1. The van der Waals surface area contributed by atoms with E-state index in [1.54, 1.807) is 32.0 Å². The zero-order valence-electron chi connectivity index (χ0n) is 11.9. The summed E-state index contributed by atoms with van der Waals surface area (Å²) in [6, 6.07) is 4.61. The Kier molecular flexibility index (Phi) is 6.76. The van der Waals surface area contributed by atoms with Gasteiger partial charge in [-0.2, -0.15) is 0 Å². The van der Waals surface area contributed by atoms with Crippen molar-refractivity contribution in [1.82, 2.24) is 4.90 Å². The van der Waals surface area contributed by atoms with E-state index in [2.05, 4.69) is 5.32 Å². The van der Waals surface area contributed by atoms with E-state index in [0.29, 0.717) is 28.7 Å².